The van der Waals surface area contributed by atoms with Gasteiger partial charge in [0.05, 0.1) is 12.6 Å². The van der Waals surface area contributed by atoms with Gasteiger partial charge in [-0.1, -0.05) is 23.7 Å². The van der Waals surface area contributed by atoms with Crippen LogP contribution in [0.4, 0.5) is 0 Å². The van der Waals surface area contributed by atoms with Crippen molar-refractivity contribution < 1.29 is 5.32 Å². The highest BCUT2D eigenvalue weighted by Gasteiger charge is 2.18. The minimum Gasteiger partial charge on any atom is -0.344 e. The Hall–Kier alpha value is -0.530. The van der Waals surface area contributed by atoms with Crippen LogP contribution in [0.25, 0.3) is 0 Å². The molecule has 0 saturated carbocycles. The second kappa shape index (κ2) is 4.12. The molecule has 1 aliphatic heterocycles. The summed E-state index contributed by atoms with van der Waals surface area (Å²) < 4.78 is 0. The summed E-state index contributed by atoms with van der Waals surface area (Å²) in [7, 11) is 0. The summed E-state index contributed by atoms with van der Waals surface area (Å²) in [6.07, 6.45) is 3.89. The molecule has 0 aromatic heterocycles. The van der Waals surface area contributed by atoms with Crippen LogP contribution in [0.2, 0.25) is 5.02 Å². The highest BCUT2D eigenvalue weighted by Crippen LogP contribution is 2.13. The molecule has 1 saturated heterocycles. The van der Waals surface area contributed by atoms with Gasteiger partial charge in [-0.3, -0.25) is 0 Å². The van der Waals surface area contributed by atoms with Gasteiger partial charge in [0.1, 0.15) is 0 Å². The first-order valence-corrected chi connectivity index (χ1v) is 5.30. The average molecular weight is 197 g/mol. The third kappa shape index (κ3) is 2.45. The molecule has 13 heavy (non-hydrogen) atoms. The molecule has 1 aromatic carbocycles. The second-order valence-electron chi connectivity index (χ2n) is 3.76. The molecule has 2 heteroatoms. The quantitative estimate of drug-likeness (QED) is 0.741. The van der Waals surface area contributed by atoms with Crippen LogP contribution < -0.4 is 5.32 Å². The lowest BCUT2D eigenvalue weighted by atomic mass is 10.1. The SMILES string of the molecule is Clc1cccc(C[C@H]2CCC[NH2+]2)c1. The van der Waals surface area contributed by atoms with E-state index in [0.717, 1.165) is 11.1 Å². The lowest BCUT2D eigenvalue weighted by molar-refractivity contribution is -0.669. The molecule has 0 radical (unpaired) electrons. The van der Waals surface area contributed by atoms with E-state index in [9.17, 15) is 0 Å². The van der Waals surface area contributed by atoms with Crippen molar-refractivity contribution in [2.24, 2.45) is 0 Å². The van der Waals surface area contributed by atoms with Crippen molar-refractivity contribution in [3.05, 3.63) is 34.9 Å². The lowest BCUT2D eigenvalue weighted by Gasteiger charge is -2.06. The highest BCUT2D eigenvalue weighted by molar-refractivity contribution is 6.30. The molecule has 1 heterocycles. The van der Waals surface area contributed by atoms with Crippen LogP contribution >= 0.6 is 11.6 Å². The summed E-state index contributed by atoms with van der Waals surface area (Å²) >= 11 is 5.92. The van der Waals surface area contributed by atoms with Crippen molar-refractivity contribution in [3.63, 3.8) is 0 Å². The van der Waals surface area contributed by atoms with Gasteiger partial charge in [-0.2, -0.15) is 0 Å². The molecule has 1 aromatic rings. The number of nitrogens with two attached hydrogens (primary N) is 1. The van der Waals surface area contributed by atoms with Gasteiger partial charge in [0, 0.05) is 24.3 Å². The zero-order valence-corrected chi connectivity index (χ0v) is 8.43. The fraction of sp³-hybridized carbons (Fsp3) is 0.455. The largest absolute Gasteiger partial charge is 0.344 e. The van der Waals surface area contributed by atoms with E-state index in [1.54, 1.807) is 0 Å². The highest BCUT2D eigenvalue weighted by atomic mass is 35.5. The summed E-state index contributed by atoms with van der Waals surface area (Å²) in [5.74, 6) is 0. The molecule has 1 fully saturated rings. The molecule has 1 nitrogen and oxygen atoms in total. The van der Waals surface area contributed by atoms with Crippen LogP contribution in [0.1, 0.15) is 18.4 Å². The van der Waals surface area contributed by atoms with E-state index in [0.29, 0.717) is 0 Å². The summed E-state index contributed by atoms with van der Waals surface area (Å²) in [4.78, 5) is 0. The Morgan fingerprint density at radius 2 is 2.38 bits per heavy atom. The molecule has 0 unspecified atom stereocenters. The van der Waals surface area contributed by atoms with Crippen LogP contribution in [0.3, 0.4) is 0 Å². The first-order chi connectivity index (χ1) is 6.34. The Bertz CT molecular complexity index is 279. The smallest absolute Gasteiger partial charge is 0.0902 e. The monoisotopic (exact) mass is 196 g/mol. The number of hydrogen-bond acceptors (Lipinski definition) is 0. The molecule has 0 amide bonds. The predicted molar refractivity (Wildman–Crippen MR) is 55.0 cm³/mol. The summed E-state index contributed by atoms with van der Waals surface area (Å²) in [5.41, 5.74) is 1.37. The Kier molecular flexibility index (Phi) is 2.87. The minimum atomic E-state index is 0.790. The van der Waals surface area contributed by atoms with Crippen molar-refractivity contribution in [1.29, 1.82) is 0 Å². The molecular formula is C11H15ClN+. The van der Waals surface area contributed by atoms with Crippen LogP contribution in [-0.2, 0) is 6.42 Å². The maximum atomic E-state index is 5.92. The first kappa shape index (κ1) is 9.04. The average Bonchev–Trinajstić information content (AvgIpc) is 2.57. The minimum absolute atomic E-state index is 0.790. The molecular weight excluding hydrogens is 182 g/mol. The van der Waals surface area contributed by atoms with E-state index in [-0.39, 0.29) is 0 Å². The second-order valence-corrected chi connectivity index (χ2v) is 4.20. The summed E-state index contributed by atoms with van der Waals surface area (Å²) in [6, 6.07) is 9.00. The van der Waals surface area contributed by atoms with Gasteiger partial charge in [-0.05, 0) is 17.7 Å². The topological polar surface area (TPSA) is 16.6 Å². The van der Waals surface area contributed by atoms with E-state index >= 15 is 0 Å². The maximum Gasteiger partial charge on any atom is 0.0902 e. The fourth-order valence-electron chi connectivity index (χ4n) is 2.00. The van der Waals surface area contributed by atoms with E-state index < -0.39 is 0 Å². The van der Waals surface area contributed by atoms with Gasteiger partial charge >= 0.3 is 0 Å². The van der Waals surface area contributed by atoms with Crippen LogP contribution in [0.15, 0.2) is 24.3 Å². The number of hydrogen-bond donors (Lipinski definition) is 1. The van der Waals surface area contributed by atoms with Crippen LogP contribution in [0.5, 0.6) is 0 Å². The van der Waals surface area contributed by atoms with E-state index in [2.05, 4.69) is 17.4 Å². The van der Waals surface area contributed by atoms with Crippen LogP contribution in [-0.4, -0.2) is 12.6 Å². The van der Waals surface area contributed by atoms with Gasteiger partial charge in [-0.25, -0.2) is 0 Å². The zero-order chi connectivity index (χ0) is 9.10. The number of benzene rings is 1. The van der Waals surface area contributed by atoms with Gasteiger partial charge in [0.15, 0.2) is 0 Å². The molecule has 1 aliphatic rings. The molecule has 1 atom stereocenters. The maximum absolute atomic E-state index is 5.92. The van der Waals surface area contributed by atoms with E-state index in [4.69, 9.17) is 11.6 Å². The molecule has 70 valence electrons. The van der Waals surface area contributed by atoms with Crippen molar-refractivity contribution in [3.8, 4) is 0 Å². The zero-order valence-electron chi connectivity index (χ0n) is 7.67. The van der Waals surface area contributed by atoms with Crippen LogP contribution in [0, 0.1) is 0 Å². The first-order valence-electron chi connectivity index (χ1n) is 4.92. The fourth-order valence-corrected chi connectivity index (χ4v) is 2.22. The number of rotatable bonds is 2. The molecule has 2 rings (SSSR count). The predicted octanol–water partition coefficient (Wildman–Crippen LogP) is 1.61. The molecule has 0 aliphatic carbocycles. The van der Waals surface area contributed by atoms with Crippen molar-refractivity contribution in [2.75, 3.05) is 6.54 Å². The third-order valence-corrected chi connectivity index (χ3v) is 2.90. The van der Waals surface area contributed by atoms with Gasteiger partial charge in [0.2, 0.25) is 0 Å². The Labute approximate surface area is 84.1 Å². The number of quaternary nitrogens is 1. The summed E-state index contributed by atoms with van der Waals surface area (Å²) in [6.45, 7) is 1.30. The van der Waals surface area contributed by atoms with Gasteiger partial charge < -0.3 is 5.32 Å². The Morgan fingerprint density at radius 3 is 3.08 bits per heavy atom. The molecule has 0 bridgehead atoms. The molecule has 2 N–H and O–H groups in total. The van der Waals surface area contributed by atoms with Crippen molar-refractivity contribution in [2.45, 2.75) is 25.3 Å². The number of halogens is 1. The lowest BCUT2D eigenvalue weighted by Crippen LogP contribution is -2.87. The van der Waals surface area contributed by atoms with Crippen molar-refractivity contribution >= 4 is 11.6 Å². The Morgan fingerprint density at radius 1 is 1.46 bits per heavy atom. The Balaban J connectivity index is 2.00. The van der Waals surface area contributed by atoms with E-state index in [1.807, 2.05) is 12.1 Å². The standard InChI is InChI=1S/C11H14ClN/c12-10-4-1-3-9(7-10)8-11-5-2-6-13-11/h1,3-4,7,11,13H,2,5-6,8H2/p+1/t11-/m1/s1. The van der Waals surface area contributed by atoms with E-state index in [1.165, 1.54) is 31.4 Å². The van der Waals surface area contributed by atoms with Gasteiger partial charge in [0.25, 0.3) is 0 Å². The van der Waals surface area contributed by atoms with Crippen molar-refractivity contribution in [1.82, 2.24) is 0 Å². The molecule has 0 spiro atoms. The van der Waals surface area contributed by atoms with Gasteiger partial charge in [-0.15, -0.1) is 0 Å². The third-order valence-electron chi connectivity index (χ3n) is 2.67. The normalized spacial score (nSPS) is 22.1. The summed E-state index contributed by atoms with van der Waals surface area (Å²) in [5, 5.41) is 3.30.